The molecule has 1 aromatic rings. The second kappa shape index (κ2) is 6.86. The number of benzene rings is 1. The smallest absolute Gasteiger partial charge is 0.390 e. The predicted molar refractivity (Wildman–Crippen MR) is 65.3 cm³/mol. The van der Waals surface area contributed by atoms with E-state index in [-0.39, 0.29) is 12.2 Å². The average molecular weight is 307 g/mol. The van der Waals surface area contributed by atoms with Gasteiger partial charge in [-0.15, -0.1) is 0 Å². The summed E-state index contributed by atoms with van der Waals surface area (Å²) in [6.07, 6.45) is -4.72. The quantitative estimate of drug-likeness (QED) is 0.488. The van der Waals surface area contributed by atoms with E-state index in [0.717, 1.165) is 30.7 Å². The van der Waals surface area contributed by atoms with Crippen molar-refractivity contribution in [3.8, 4) is 0 Å². The SMILES string of the molecule is Fc1ccc(C(=NOCC2OCCCO2)C(F)(F)F)cc1. The van der Waals surface area contributed by atoms with Crippen LogP contribution in [-0.2, 0) is 14.3 Å². The van der Waals surface area contributed by atoms with Crippen LogP contribution in [0, 0.1) is 5.82 Å². The highest BCUT2D eigenvalue weighted by Crippen LogP contribution is 2.23. The molecule has 0 bridgehead atoms. The molecule has 1 fully saturated rings. The van der Waals surface area contributed by atoms with E-state index in [1.165, 1.54) is 0 Å². The van der Waals surface area contributed by atoms with Crippen molar-refractivity contribution in [1.82, 2.24) is 0 Å². The molecule has 2 rings (SSSR count). The van der Waals surface area contributed by atoms with E-state index in [4.69, 9.17) is 9.47 Å². The summed E-state index contributed by atoms with van der Waals surface area (Å²) in [6, 6.07) is 3.81. The molecule has 0 spiro atoms. The first-order valence-electron chi connectivity index (χ1n) is 6.23. The van der Waals surface area contributed by atoms with Crippen molar-refractivity contribution in [3.63, 3.8) is 0 Å². The Morgan fingerprint density at radius 3 is 2.38 bits per heavy atom. The zero-order chi connectivity index (χ0) is 15.3. The molecule has 0 atom stereocenters. The lowest BCUT2D eigenvalue weighted by Gasteiger charge is -2.22. The minimum atomic E-state index is -4.72. The van der Waals surface area contributed by atoms with E-state index < -0.39 is 24.0 Å². The van der Waals surface area contributed by atoms with E-state index in [9.17, 15) is 17.6 Å². The Hall–Kier alpha value is -1.67. The number of hydrogen-bond donors (Lipinski definition) is 0. The van der Waals surface area contributed by atoms with Crippen LogP contribution in [0.3, 0.4) is 0 Å². The fourth-order valence-corrected chi connectivity index (χ4v) is 1.67. The summed E-state index contributed by atoms with van der Waals surface area (Å²) in [6.45, 7) is 0.671. The van der Waals surface area contributed by atoms with Crippen LogP contribution in [0.2, 0.25) is 0 Å². The molecule has 1 aliphatic rings. The second-order valence-electron chi connectivity index (χ2n) is 4.27. The molecule has 0 N–H and O–H groups in total. The van der Waals surface area contributed by atoms with Crippen LogP contribution in [0.4, 0.5) is 17.6 Å². The Kier molecular flexibility index (Phi) is 5.13. The maximum atomic E-state index is 12.9. The Labute approximate surface area is 118 Å². The van der Waals surface area contributed by atoms with Crippen molar-refractivity contribution < 1.29 is 31.9 Å². The fraction of sp³-hybridized carbons (Fsp3) is 0.462. The van der Waals surface area contributed by atoms with Gasteiger partial charge in [-0.3, -0.25) is 0 Å². The van der Waals surface area contributed by atoms with Crippen LogP contribution in [-0.4, -0.2) is 38.0 Å². The Balaban J connectivity index is 2.05. The van der Waals surface area contributed by atoms with Crippen LogP contribution >= 0.6 is 0 Å². The standard InChI is InChI=1S/C13H13F4NO3/c14-10-4-2-9(3-5-10)12(13(15,16)17)18-21-8-11-19-6-1-7-20-11/h2-5,11H,1,6-8H2. The molecule has 0 saturated carbocycles. The van der Waals surface area contributed by atoms with E-state index in [1.54, 1.807) is 0 Å². The molecule has 1 aromatic carbocycles. The third kappa shape index (κ3) is 4.68. The highest BCUT2D eigenvalue weighted by molar-refractivity contribution is 6.04. The fourth-order valence-electron chi connectivity index (χ4n) is 1.67. The molecule has 116 valence electrons. The molecule has 0 amide bonds. The van der Waals surface area contributed by atoms with Crippen LogP contribution in [0.1, 0.15) is 12.0 Å². The number of nitrogens with zero attached hydrogens (tertiary/aromatic N) is 1. The van der Waals surface area contributed by atoms with Gasteiger partial charge in [0.1, 0.15) is 5.82 Å². The van der Waals surface area contributed by atoms with Gasteiger partial charge in [0.2, 0.25) is 0 Å². The van der Waals surface area contributed by atoms with Crippen molar-refractivity contribution in [2.24, 2.45) is 5.16 Å². The molecule has 1 aliphatic heterocycles. The molecule has 0 unspecified atom stereocenters. The third-order valence-corrected chi connectivity index (χ3v) is 2.65. The maximum Gasteiger partial charge on any atom is 0.437 e. The molecule has 21 heavy (non-hydrogen) atoms. The third-order valence-electron chi connectivity index (χ3n) is 2.65. The zero-order valence-corrected chi connectivity index (χ0v) is 10.9. The molecule has 1 heterocycles. The summed E-state index contributed by atoms with van der Waals surface area (Å²) in [5.41, 5.74) is -1.52. The zero-order valence-electron chi connectivity index (χ0n) is 10.9. The summed E-state index contributed by atoms with van der Waals surface area (Å²) in [4.78, 5) is 4.67. The molecule has 0 aromatic heterocycles. The monoisotopic (exact) mass is 307 g/mol. The molecule has 4 nitrogen and oxygen atoms in total. The summed E-state index contributed by atoms with van der Waals surface area (Å²) in [5, 5.41) is 3.10. The van der Waals surface area contributed by atoms with Crippen LogP contribution in [0.15, 0.2) is 29.4 Å². The van der Waals surface area contributed by atoms with Crippen molar-refractivity contribution in [2.75, 3.05) is 19.8 Å². The van der Waals surface area contributed by atoms with E-state index in [0.29, 0.717) is 13.2 Å². The minimum Gasteiger partial charge on any atom is -0.390 e. The van der Waals surface area contributed by atoms with Crippen LogP contribution in [0.25, 0.3) is 0 Å². The number of halogens is 4. The number of hydrogen-bond acceptors (Lipinski definition) is 4. The number of ether oxygens (including phenoxy) is 2. The Bertz CT molecular complexity index is 481. The minimum absolute atomic E-state index is 0.249. The molecule has 1 saturated heterocycles. The van der Waals surface area contributed by atoms with Gasteiger partial charge in [0, 0.05) is 5.56 Å². The molecule has 8 heteroatoms. The first-order chi connectivity index (χ1) is 9.97. The van der Waals surface area contributed by atoms with Crippen molar-refractivity contribution in [2.45, 2.75) is 18.9 Å². The van der Waals surface area contributed by atoms with Gasteiger partial charge in [-0.25, -0.2) is 4.39 Å². The van der Waals surface area contributed by atoms with Crippen LogP contribution in [0.5, 0.6) is 0 Å². The number of oxime groups is 1. The largest absolute Gasteiger partial charge is 0.437 e. The Morgan fingerprint density at radius 2 is 1.81 bits per heavy atom. The normalized spacial score (nSPS) is 17.8. The molecular weight excluding hydrogens is 294 g/mol. The highest BCUT2D eigenvalue weighted by Gasteiger charge is 2.38. The lowest BCUT2D eigenvalue weighted by molar-refractivity contribution is -0.203. The van der Waals surface area contributed by atoms with Gasteiger partial charge < -0.3 is 14.3 Å². The van der Waals surface area contributed by atoms with Gasteiger partial charge in [0.15, 0.2) is 18.6 Å². The summed E-state index contributed by atoms with van der Waals surface area (Å²) in [7, 11) is 0. The average Bonchev–Trinajstić information content (AvgIpc) is 2.45. The molecule has 0 aliphatic carbocycles. The van der Waals surface area contributed by atoms with E-state index in [2.05, 4.69) is 9.99 Å². The van der Waals surface area contributed by atoms with E-state index in [1.807, 2.05) is 0 Å². The number of rotatable bonds is 4. The van der Waals surface area contributed by atoms with Gasteiger partial charge >= 0.3 is 6.18 Å². The van der Waals surface area contributed by atoms with Gasteiger partial charge in [-0.05, 0) is 30.7 Å². The van der Waals surface area contributed by atoms with Gasteiger partial charge in [0.25, 0.3) is 0 Å². The topological polar surface area (TPSA) is 40.0 Å². The lowest BCUT2D eigenvalue weighted by atomic mass is 10.1. The van der Waals surface area contributed by atoms with Crippen molar-refractivity contribution in [3.05, 3.63) is 35.6 Å². The predicted octanol–water partition coefficient (Wildman–Crippen LogP) is 2.87. The van der Waals surface area contributed by atoms with Crippen LogP contribution < -0.4 is 0 Å². The number of alkyl halides is 3. The van der Waals surface area contributed by atoms with Gasteiger partial charge in [-0.2, -0.15) is 13.2 Å². The highest BCUT2D eigenvalue weighted by atomic mass is 19.4. The summed E-state index contributed by atoms with van der Waals surface area (Å²) in [5.74, 6) is -0.634. The van der Waals surface area contributed by atoms with Crippen molar-refractivity contribution >= 4 is 5.71 Å². The van der Waals surface area contributed by atoms with E-state index >= 15 is 0 Å². The van der Waals surface area contributed by atoms with Gasteiger partial charge in [-0.1, -0.05) is 5.16 Å². The first kappa shape index (κ1) is 15.7. The molecular formula is C13H13F4NO3. The lowest BCUT2D eigenvalue weighted by Crippen LogP contribution is -2.29. The maximum absolute atomic E-state index is 12.9. The summed E-state index contributed by atoms with van der Waals surface area (Å²) < 4.78 is 61.7. The Morgan fingerprint density at radius 1 is 1.19 bits per heavy atom. The summed E-state index contributed by atoms with van der Waals surface area (Å²) >= 11 is 0. The van der Waals surface area contributed by atoms with Crippen molar-refractivity contribution in [1.29, 1.82) is 0 Å². The first-order valence-corrected chi connectivity index (χ1v) is 6.23. The second-order valence-corrected chi connectivity index (χ2v) is 4.27. The molecule has 0 radical (unpaired) electrons. The van der Waals surface area contributed by atoms with Gasteiger partial charge in [0.05, 0.1) is 13.2 Å².